The van der Waals surface area contributed by atoms with Gasteiger partial charge in [-0.2, -0.15) is 4.31 Å². The average molecular weight is 388 g/mol. The molecule has 2 aromatic carbocycles. The van der Waals surface area contributed by atoms with Crippen LogP contribution in [0.5, 0.6) is 5.75 Å². The summed E-state index contributed by atoms with van der Waals surface area (Å²) < 4.78 is 32.3. The topological polar surface area (TPSA) is 95.9 Å². The minimum absolute atomic E-state index is 0.237. The van der Waals surface area contributed by atoms with Gasteiger partial charge in [0.2, 0.25) is 10.0 Å². The molecule has 1 aliphatic rings. The fraction of sp³-hybridized carbons (Fsp3) is 0.211. The lowest BCUT2D eigenvalue weighted by Crippen LogP contribution is -2.35. The van der Waals surface area contributed by atoms with Crippen molar-refractivity contribution in [3.63, 3.8) is 0 Å². The molecule has 27 heavy (non-hydrogen) atoms. The number of methoxy groups -OCH3 is 1. The van der Waals surface area contributed by atoms with E-state index in [0.717, 1.165) is 16.7 Å². The molecule has 142 valence electrons. The number of amides is 1. The first-order valence-corrected chi connectivity index (χ1v) is 9.76. The summed E-state index contributed by atoms with van der Waals surface area (Å²) in [6.07, 6.45) is 3.40. The lowest BCUT2D eigenvalue weighted by molar-refractivity contribution is -0.124. The summed E-state index contributed by atoms with van der Waals surface area (Å²) in [5.41, 5.74) is 4.32. The predicted octanol–water partition coefficient (Wildman–Crippen LogP) is 1.96. The van der Waals surface area contributed by atoms with E-state index in [1.165, 1.54) is 23.0 Å². The van der Waals surface area contributed by atoms with Gasteiger partial charge in [-0.1, -0.05) is 18.2 Å². The number of rotatable bonds is 5. The van der Waals surface area contributed by atoms with Crippen molar-refractivity contribution in [2.24, 2.45) is 0 Å². The van der Waals surface area contributed by atoms with Crippen molar-refractivity contribution in [2.45, 2.75) is 17.9 Å². The molecular weight excluding hydrogens is 368 g/mol. The van der Waals surface area contributed by atoms with Gasteiger partial charge in [-0.15, -0.1) is 0 Å². The summed E-state index contributed by atoms with van der Waals surface area (Å²) in [7, 11) is -2.05. The van der Waals surface area contributed by atoms with Crippen LogP contribution in [0.25, 0.3) is 6.08 Å². The molecule has 0 fully saturated rings. The third-order valence-corrected chi connectivity index (χ3v) is 6.30. The van der Waals surface area contributed by atoms with Crippen molar-refractivity contribution in [3.8, 4) is 5.75 Å². The van der Waals surface area contributed by atoms with Gasteiger partial charge in [-0.25, -0.2) is 13.9 Å². The first-order valence-electron chi connectivity index (χ1n) is 8.32. The Balaban J connectivity index is 1.79. The Labute approximate surface area is 157 Å². The minimum Gasteiger partial charge on any atom is -0.497 e. The van der Waals surface area contributed by atoms with Crippen LogP contribution in [0.2, 0.25) is 0 Å². The molecule has 3 rings (SSSR count). The Morgan fingerprint density at radius 2 is 1.93 bits per heavy atom. The van der Waals surface area contributed by atoms with E-state index in [2.05, 4.69) is 0 Å². The van der Waals surface area contributed by atoms with Gasteiger partial charge in [-0.3, -0.25) is 10.0 Å². The number of nitrogens with zero attached hydrogens (tertiary/aromatic N) is 1. The zero-order valence-electron chi connectivity index (χ0n) is 14.8. The molecule has 0 atom stereocenters. The molecule has 1 amide bonds. The van der Waals surface area contributed by atoms with Gasteiger partial charge in [0.1, 0.15) is 5.75 Å². The molecule has 0 aliphatic carbocycles. The number of hydroxylamine groups is 1. The molecule has 1 aliphatic heterocycles. The fourth-order valence-electron chi connectivity index (χ4n) is 2.96. The zero-order valence-corrected chi connectivity index (χ0v) is 15.6. The summed E-state index contributed by atoms with van der Waals surface area (Å²) in [5, 5.41) is 8.51. The summed E-state index contributed by atoms with van der Waals surface area (Å²) in [5.74, 6) is -0.00196. The molecule has 0 saturated heterocycles. The highest BCUT2D eigenvalue weighted by Crippen LogP contribution is 2.27. The Kier molecular flexibility index (Phi) is 5.59. The van der Waals surface area contributed by atoms with Crippen molar-refractivity contribution in [2.75, 3.05) is 13.7 Å². The van der Waals surface area contributed by atoms with Gasteiger partial charge in [-0.05, 0) is 53.5 Å². The number of fused-ring (bicyclic) bond motifs is 1. The standard InChI is InChI=1S/C19H20N2O5S/c1-26-17-5-7-18(8-6-17)27(24,25)21-11-10-15-12-14(2-4-16(15)13-21)3-9-19(22)20-23/h2-9,12,23H,10-11,13H2,1H3,(H,20,22)/b9-3+. The van der Waals surface area contributed by atoms with Crippen LogP contribution in [0, 0.1) is 0 Å². The zero-order chi connectivity index (χ0) is 19.4. The van der Waals surface area contributed by atoms with E-state index in [4.69, 9.17) is 9.94 Å². The van der Waals surface area contributed by atoms with E-state index in [1.54, 1.807) is 30.3 Å². The maximum absolute atomic E-state index is 12.9. The second kappa shape index (κ2) is 7.91. The molecule has 2 aromatic rings. The Morgan fingerprint density at radius 1 is 1.19 bits per heavy atom. The first-order chi connectivity index (χ1) is 12.9. The predicted molar refractivity (Wildman–Crippen MR) is 99.7 cm³/mol. The first kappa shape index (κ1) is 19.1. The van der Waals surface area contributed by atoms with E-state index in [9.17, 15) is 13.2 Å². The molecular formula is C19H20N2O5S. The number of hydrogen-bond donors (Lipinski definition) is 2. The van der Waals surface area contributed by atoms with Crippen LogP contribution < -0.4 is 10.2 Å². The van der Waals surface area contributed by atoms with Crippen LogP contribution in [0.4, 0.5) is 0 Å². The van der Waals surface area contributed by atoms with Gasteiger partial charge in [0.05, 0.1) is 12.0 Å². The van der Waals surface area contributed by atoms with Crippen LogP contribution in [-0.4, -0.2) is 37.5 Å². The van der Waals surface area contributed by atoms with Crippen LogP contribution in [-0.2, 0) is 27.8 Å². The molecule has 0 unspecified atom stereocenters. The molecule has 7 nitrogen and oxygen atoms in total. The highest BCUT2D eigenvalue weighted by atomic mass is 32.2. The maximum atomic E-state index is 12.9. The van der Waals surface area contributed by atoms with Gasteiger partial charge in [0.25, 0.3) is 5.91 Å². The normalized spacial score (nSPS) is 14.7. The number of carbonyl (C=O) groups is 1. The number of nitrogens with one attached hydrogen (secondary N) is 1. The van der Waals surface area contributed by atoms with Crippen LogP contribution in [0.15, 0.2) is 53.4 Å². The van der Waals surface area contributed by atoms with Crippen LogP contribution >= 0.6 is 0 Å². The molecule has 0 aromatic heterocycles. The molecule has 0 saturated carbocycles. The summed E-state index contributed by atoms with van der Waals surface area (Å²) in [6, 6.07) is 11.9. The van der Waals surface area contributed by atoms with Crippen molar-refractivity contribution < 1.29 is 23.2 Å². The monoisotopic (exact) mass is 388 g/mol. The molecule has 8 heteroatoms. The molecule has 2 N–H and O–H groups in total. The molecule has 0 radical (unpaired) electrons. The van der Waals surface area contributed by atoms with Crippen molar-refractivity contribution in [1.82, 2.24) is 9.79 Å². The van der Waals surface area contributed by atoms with Gasteiger partial charge < -0.3 is 4.74 Å². The van der Waals surface area contributed by atoms with Gasteiger partial charge in [0, 0.05) is 19.2 Å². The van der Waals surface area contributed by atoms with Gasteiger partial charge in [0.15, 0.2) is 0 Å². The van der Waals surface area contributed by atoms with E-state index >= 15 is 0 Å². The average Bonchev–Trinajstić information content (AvgIpc) is 2.71. The SMILES string of the molecule is COc1ccc(S(=O)(=O)N2CCc3cc(/C=C/C(=O)NO)ccc3C2)cc1. The van der Waals surface area contributed by atoms with Crippen LogP contribution in [0.1, 0.15) is 16.7 Å². The lowest BCUT2D eigenvalue weighted by atomic mass is 9.98. The second-order valence-corrected chi connectivity index (χ2v) is 8.04. The third-order valence-electron chi connectivity index (χ3n) is 4.44. The number of ether oxygens (including phenoxy) is 1. The van der Waals surface area contributed by atoms with Gasteiger partial charge >= 0.3 is 0 Å². The van der Waals surface area contributed by atoms with Crippen LogP contribution in [0.3, 0.4) is 0 Å². The number of hydrogen-bond acceptors (Lipinski definition) is 5. The molecule has 0 spiro atoms. The van der Waals surface area contributed by atoms with Crippen molar-refractivity contribution in [3.05, 3.63) is 65.2 Å². The van der Waals surface area contributed by atoms with Crippen molar-refractivity contribution in [1.29, 1.82) is 0 Å². The Hall–Kier alpha value is -2.68. The molecule has 1 heterocycles. The van der Waals surface area contributed by atoms with E-state index < -0.39 is 15.9 Å². The number of carbonyl (C=O) groups excluding carboxylic acids is 1. The highest BCUT2D eigenvalue weighted by Gasteiger charge is 2.28. The summed E-state index contributed by atoms with van der Waals surface area (Å²) in [6.45, 7) is 0.677. The minimum atomic E-state index is -3.58. The lowest BCUT2D eigenvalue weighted by Gasteiger charge is -2.28. The summed E-state index contributed by atoms with van der Waals surface area (Å²) in [4.78, 5) is 11.3. The third kappa shape index (κ3) is 4.19. The van der Waals surface area contributed by atoms with Crippen molar-refractivity contribution >= 4 is 22.0 Å². The second-order valence-electron chi connectivity index (χ2n) is 6.10. The quantitative estimate of drug-likeness (QED) is 0.464. The fourth-order valence-corrected chi connectivity index (χ4v) is 4.38. The number of benzene rings is 2. The summed E-state index contributed by atoms with van der Waals surface area (Å²) >= 11 is 0. The largest absolute Gasteiger partial charge is 0.497 e. The smallest absolute Gasteiger partial charge is 0.267 e. The van der Waals surface area contributed by atoms with E-state index in [-0.39, 0.29) is 4.90 Å². The molecule has 0 bridgehead atoms. The van der Waals surface area contributed by atoms with E-state index in [0.29, 0.717) is 25.3 Å². The highest BCUT2D eigenvalue weighted by molar-refractivity contribution is 7.89. The Morgan fingerprint density at radius 3 is 2.59 bits per heavy atom. The maximum Gasteiger partial charge on any atom is 0.267 e. The van der Waals surface area contributed by atoms with E-state index in [1.807, 2.05) is 18.2 Å². The Bertz CT molecular complexity index is 968. The number of sulfonamides is 1.